The van der Waals surface area contributed by atoms with Crippen molar-refractivity contribution in [3.05, 3.63) is 0 Å². The molecular weight excluding hydrogens is 770 g/mol. The van der Waals surface area contributed by atoms with Gasteiger partial charge in [0.15, 0.2) is 0 Å². The van der Waals surface area contributed by atoms with Crippen LogP contribution in [0.3, 0.4) is 0 Å². The van der Waals surface area contributed by atoms with E-state index < -0.39 is 101 Å². The largest absolute Gasteiger partial charge is 0.460 e. The molecule has 6 nitrogen and oxygen atoms in total. The number of hydrogen-bond donors (Lipinski definition) is 0. The van der Waals surface area contributed by atoms with Crippen molar-refractivity contribution in [2.45, 2.75) is 118 Å². The maximum Gasteiger partial charge on any atom is 0.460 e. The first-order valence-electron chi connectivity index (χ1n) is 15.8. The van der Waals surface area contributed by atoms with Crippen molar-refractivity contribution in [3.8, 4) is 0 Å². The highest BCUT2D eigenvalue weighted by Gasteiger charge is 2.95. The SMILES string of the molecule is CCCCCCCCCCCOP(=O)(N1CCOCC1)N1CCOCC1C(F)(F)C(F)(F)C(F)(F)C(F)(F)C(F)(F)C(F)(F)C(F)(F)C(F)(F)F. The lowest BCUT2D eigenvalue weighted by Crippen LogP contribution is -2.76. The van der Waals surface area contributed by atoms with E-state index in [1.807, 2.05) is 6.92 Å². The number of ether oxygens (including phenoxy) is 2. The van der Waals surface area contributed by atoms with E-state index in [9.17, 15) is 61.6 Å². The molecule has 0 spiro atoms. The Kier molecular flexibility index (Phi) is 15.1. The summed E-state index contributed by atoms with van der Waals surface area (Å²) in [5, 5.41) is 0. The van der Waals surface area contributed by atoms with Gasteiger partial charge in [-0.3, -0.25) is 4.57 Å². The van der Waals surface area contributed by atoms with Crippen LogP contribution in [-0.4, -0.2) is 116 Å². The minimum Gasteiger partial charge on any atom is -0.379 e. The minimum absolute atomic E-state index is 0.0982. The topological polar surface area (TPSA) is 51.2 Å². The zero-order valence-corrected chi connectivity index (χ0v) is 27.9. The summed E-state index contributed by atoms with van der Waals surface area (Å²) in [6.07, 6.45) is -1.01. The first kappa shape index (κ1) is 46.0. The maximum atomic E-state index is 15.5. The zero-order chi connectivity index (χ0) is 39.4. The third kappa shape index (κ3) is 8.57. The highest BCUT2D eigenvalue weighted by Crippen LogP contribution is 2.66. The zero-order valence-electron chi connectivity index (χ0n) is 27.0. The van der Waals surface area contributed by atoms with E-state index in [1.165, 1.54) is 0 Å². The normalized spacial score (nSPS) is 21.6. The van der Waals surface area contributed by atoms with Crippen molar-refractivity contribution >= 4 is 7.67 Å². The lowest BCUT2D eigenvalue weighted by Gasteiger charge is -2.49. The smallest absolute Gasteiger partial charge is 0.379 e. The number of alkyl halides is 17. The molecule has 24 heteroatoms. The van der Waals surface area contributed by atoms with Crippen LogP contribution in [0, 0.1) is 0 Å². The molecule has 0 aliphatic carbocycles. The average molecular weight is 809 g/mol. The Labute approximate surface area is 281 Å². The molecule has 2 saturated heterocycles. The summed E-state index contributed by atoms with van der Waals surface area (Å²) in [4.78, 5) is 0. The van der Waals surface area contributed by atoms with Crippen LogP contribution in [0.4, 0.5) is 74.6 Å². The molecule has 0 saturated carbocycles. The van der Waals surface area contributed by atoms with Gasteiger partial charge < -0.3 is 14.0 Å². The standard InChI is InChI=1S/C27H38F17N2O4P/c1-2-3-4-5-6-7-8-9-10-14-50-51(47,45-11-15-48-16-12-45)46-13-17-49-18-19(46)20(28,29)21(30,31)22(32,33)23(34,35)24(36,37)25(38,39)26(40,41)27(42,43)44/h19H,2-18H2,1H3. The van der Waals surface area contributed by atoms with Crippen molar-refractivity contribution in [3.63, 3.8) is 0 Å². The molecule has 304 valence electrons. The van der Waals surface area contributed by atoms with Gasteiger partial charge in [-0.2, -0.15) is 74.6 Å². The molecule has 0 aromatic carbocycles. The first-order chi connectivity index (χ1) is 23.1. The molecule has 0 amide bonds. The Balaban J connectivity index is 2.45. The molecule has 0 N–H and O–H groups in total. The molecule has 2 atom stereocenters. The molecule has 0 radical (unpaired) electrons. The molecule has 2 aliphatic heterocycles. The Morgan fingerprint density at radius 2 is 0.980 bits per heavy atom. The van der Waals surface area contributed by atoms with E-state index in [0.29, 0.717) is 12.8 Å². The molecule has 2 aliphatic rings. The molecule has 2 rings (SSSR count). The van der Waals surface area contributed by atoms with Gasteiger partial charge in [0.2, 0.25) is 0 Å². The monoisotopic (exact) mass is 808 g/mol. The summed E-state index contributed by atoms with van der Waals surface area (Å²) in [7, 11) is -5.09. The molecule has 2 unspecified atom stereocenters. The first-order valence-corrected chi connectivity index (χ1v) is 17.3. The predicted octanol–water partition coefficient (Wildman–Crippen LogP) is 9.68. The van der Waals surface area contributed by atoms with Crippen LogP contribution < -0.4 is 0 Å². The number of nitrogens with zero attached hydrogens (tertiary/aromatic N) is 2. The van der Waals surface area contributed by atoms with Gasteiger partial charge >= 0.3 is 55.3 Å². The van der Waals surface area contributed by atoms with E-state index in [4.69, 9.17) is 9.26 Å². The fraction of sp³-hybridized carbons (Fsp3) is 1.00. The van der Waals surface area contributed by atoms with Crippen molar-refractivity contribution in [1.29, 1.82) is 0 Å². The molecule has 2 heterocycles. The summed E-state index contributed by atoms with van der Waals surface area (Å²) in [5.74, 6) is -57.6. The number of morpholine rings is 2. The minimum atomic E-state index is -8.74. The third-order valence-corrected chi connectivity index (χ3v) is 11.2. The van der Waals surface area contributed by atoms with Gasteiger partial charge in [-0.15, -0.1) is 0 Å². The van der Waals surface area contributed by atoms with E-state index in [1.54, 1.807) is 0 Å². The Bertz CT molecular complexity index is 1150. The molecular formula is C27H38F17N2O4P. The van der Waals surface area contributed by atoms with E-state index in [-0.39, 0.29) is 24.3 Å². The lowest BCUT2D eigenvalue weighted by atomic mass is 9.87. The van der Waals surface area contributed by atoms with Crippen LogP contribution in [0.5, 0.6) is 0 Å². The van der Waals surface area contributed by atoms with Crippen LogP contribution in [0.25, 0.3) is 0 Å². The summed E-state index contributed by atoms with van der Waals surface area (Å²) >= 11 is 0. The fourth-order valence-corrected chi connectivity index (χ4v) is 7.87. The second kappa shape index (κ2) is 16.7. The van der Waals surface area contributed by atoms with Crippen LogP contribution in [0.2, 0.25) is 0 Å². The Hall–Kier alpha value is -1.16. The molecule has 51 heavy (non-hydrogen) atoms. The lowest BCUT2D eigenvalue weighted by molar-refractivity contribution is -0.463. The second-order valence-corrected chi connectivity index (χ2v) is 14.4. The molecule has 0 aromatic rings. The fourth-order valence-electron chi connectivity index (χ4n) is 5.30. The third-order valence-electron chi connectivity index (χ3n) is 8.44. The number of halogens is 17. The average Bonchev–Trinajstić information content (AvgIpc) is 3.04. The van der Waals surface area contributed by atoms with Crippen LogP contribution in [-0.2, 0) is 18.6 Å². The number of unbranched alkanes of at least 4 members (excludes halogenated alkanes) is 8. The van der Waals surface area contributed by atoms with Gasteiger partial charge in [0.1, 0.15) is 6.04 Å². The van der Waals surface area contributed by atoms with Crippen LogP contribution in [0.15, 0.2) is 0 Å². The van der Waals surface area contributed by atoms with Crippen LogP contribution in [0.1, 0.15) is 64.7 Å². The van der Waals surface area contributed by atoms with Gasteiger partial charge in [0, 0.05) is 19.6 Å². The summed E-state index contributed by atoms with van der Waals surface area (Å²) in [6, 6.07) is -3.73. The van der Waals surface area contributed by atoms with Crippen molar-refractivity contribution < 1.29 is 93.2 Å². The van der Waals surface area contributed by atoms with E-state index >= 15 is 17.6 Å². The van der Waals surface area contributed by atoms with Gasteiger partial charge in [-0.05, 0) is 6.42 Å². The molecule has 0 bridgehead atoms. The van der Waals surface area contributed by atoms with E-state index in [0.717, 1.165) is 43.2 Å². The highest BCUT2D eigenvalue weighted by molar-refractivity contribution is 7.54. The molecule has 0 aromatic heterocycles. The van der Waals surface area contributed by atoms with Gasteiger partial charge in [-0.25, -0.2) is 9.34 Å². The summed E-state index contributed by atoms with van der Waals surface area (Å²) in [5.41, 5.74) is 0. The van der Waals surface area contributed by atoms with E-state index in [2.05, 4.69) is 4.74 Å². The Morgan fingerprint density at radius 3 is 1.45 bits per heavy atom. The maximum absolute atomic E-state index is 15.5. The van der Waals surface area contributed by atoms with Gasteiger partial charge in [0.25, 0.3) is 0 Å². The number of rotatable bonds is 20. The Morgan fingerprint density at radius 1 is 0.569 bits per heavy atom. The quantitative estimate of drug-likeness (QED) is 0.0694. The number of hydrogen-bond acceptors (Lipinski definition) is 4. The van der Waals surface area contributed by atoms with Crippen LogP contribution >= 0.6 is 7.67 Å². The molecule has 2 fully saturated rings. The van der Waals surface area contributed by atoms with Gasteiger partial charge in [0.05, 0.1) is 33.0 Å². The van der Waals surface area contributed by atoms with Crippen molar-refractivity contribution in [2.75, 3.05) is 52.7 Å². The van der Waals surface area contributed by atoms with Gasteiger partial charge in [-0.1, -0.05) is 58.3 Å². The second-order valence-electron chi connectivity index (χ2n) is 12.0. The predicted molar refractivity (Wildman–Crippen MR) is 145 cm³/mol. The van der Waals surface area contributed by atoms with Crippen molar-refractivity contribution in [1.82, 2.24) is 9.34 Å². The highest BCUT2D eigenvalue weighted by atomic mass is 31.2. The summed E-state index contributed by atoms with van der Waals surface area (Å²) in [6.45, 7) is -3.58. The van der Waals surface area contributed by atoms with Crippen molar-refractivity contribution in [2.24, 2.45) is 0 Å². The summed E-state index contributed by atoms with van der Waals surface area (Å²) < 4.78 is 268.